The van der Waals surface area contributed by atoms with E-state index in [1.54, 1.807) is 0 Å². The Kier molecular flexibility index (Phi) is 6.26. The minimum absolute atomic E-state index is 0.636. The van der Waals surface area contributed by atoms with Crippen LogP contribution >= 0.6 is 0 Å². The van der Waals surface area contributed by atoms with Crippen molar-refractivity contribution in [3.8, 4) is 0 Å². The van der Waals surface area contributed by atoms with Crippen molar-refractivity contribution in [1.82, 2.24) is 10.2 Å². The molecule has 1 rings (SSSR count). The van der Waals surface area contributed by atoms with Crippen LogP contribution in [-0.2, 0) is 0 Å². The number of hydrogen-bond donors (Lipinski definition) is 1. The molecule has 15 heavy (non-hydrogen) atoms. The van der Waals surface area contributed by atoms with E-state index in [-0.39, 0.29) is 0 Å². The Morgan fingerprint density at radius 3 is 2.53 bits per heavy atom. The molecule has 2 heteroatoms. The van der Waals surface area contributed by atoms with Crippen LogP contribution in [-0.4, -0.2) is 37.1 Å². The molecule has 1 aliphatic rings. The average Bonchev–Trinajstić information content (AvgIpc) is 2.27. The molecule has 0 saturated heterocycles. The van der Waals surface area contributed by atoms with Crippen LogP contribution in [0.5, 0.6) is 0 Å². The van der Waals surface area contributed by atoms with E-state index in [9.17, 15) is 0 Å². The van der Waals surface area contributed by atoms with Crippen LogP contribution in [0.1, 0.15) is 52.4 Å². The number of rotatable bonds is 6. The number of likely N-dealkylation sites (N-methyl/N-ethyl adjacent to an activating group) is 1. The molecule has 0 radical (unpaired) electrons. The molecular weight excluding hydrogens is 184 g/mol. The molecule has 1 aliphatic carbocycles. The smallest absolute Gasteiger partial charge is 0.0166 e. The molecule has 1 saturated carbocycles. The molecule has 0 spiro atoms. The van der Waals surface area contributed by atoms with Gasteiger partial charge in [-0.25, -0.2) is 0 Å². The fourth-order valence-electron chi connectivity index (χ4n) is 2.56. The lowest BCUT2D eigenvalue weighted by Gasteiger charge is -2.33. The fraction of sp³-hybridized carbons (Fsp3) is 1.00. The zero-order valence-electron chi connectivity index (χ0n) is 10.8. The molecule has 90 valence electrons. The first kappa shape index (κ1) is 13.0. The summed E-state index contributed by atoms with van der Waals surface area (Å²) in [4.78, 5) is 2.56. The van der Waals surface area contributed by atoms with Gasteiger partial charge in [-0.05, 0) is 39.8 Å². The molecule has 1 N–H and O–H groups in total. The molecule has 0 heterocycles. The van der Waals surface area contributed by atoms with Crippen LogP contribution in [0.15, 0.2) is 0 Å². The quantitative estimate of drug-likeness (QED) is 0.728. The topological polar surface area (TPSA) is 15.3 Å². The Hall–Kier alpha value is -0.0800. The van der Waals surface area contributed by atoms with Crippen molar-refractivity contribution < 1.29 is 0 Å². The highest BCUT2D eigenvalue weighted by Crippen LogP contribution is 2.21. The van der Waals surface area contributed by atoms with E-state index in [0.717, 1.165) is 12.6 Å². The van der Waals surface area contributed by atoms with Crippen molar-refractivity contribution in [2.75, 3.05) is 20.1 Å². The van der Waals surface area contributed by atoms with Gasteiger partial charge >= 0.3 is 0 Å². The SMILES string of the molecule is CCCNC(C)CN(C)C1CCCCC1. The normalized spacial score (nSPS) is 20.8. The van der Waals surface area contributed by atoms with Crippen LogP contribution in [0.3, 0.4) is 0 Å². The Morgan fingerprint density at radius 1 is 1.27 bits per heavy atom. The van der Waals surface area contributed by atoms with Crippen molar-refractivity contribution in [3.05, 3.63) is 0 Å². The standard InChI is InChI=1S/C13H28N2/c1-4-10-14-12(2)11-15(3)13-8-6-5-7-9-13/h12-14H,4-11H2,1-3H3. The van der Waals surface area contributed by atoms with E-state index in [1.807, 2.05) is 0 Å². The third kappa shape index (κ3) is 4.98. The molecule has 0 aromatic carbocycles. The number of hydrogen-bond acceptors (Lipinski definition) is 2. The monoisotopic (exact) mass is 212 g/mol. The maximum absolute atomic E-state index is 3.56. The maximum Gasteiger partial charge on any atom is 0.0166 e. The lowest BCUT2D eigenvalue weighted by Crippen LogP contribution is -2.43. The van der Waals surface area contributed by atoms with E-state index in [0.29, 0.717) is 6.04 Å². The summed E-state index contributed by atoms with van der Waals surface area (Å²) < 4.78 is 0. The first-order chi connectivity index (χ1) is 7.24. The van der Waals surface area contributed by atoms with Gasteiger partial charge in [-0.15, -0.1) is 0 Å². The predicted octanol–water partition coefficient (Wildman–Crippen LogP) is 2.64. The highest BCUT2D eigenvalue weighted by Gasteiger charge is 2.18. The summed E-state index contributed by atoms with van der Waals surface area (Å²) in [6.07, 6.45) is 8.39. The van der Waals surface area contributed by atoms with Crippen LogP contribution in [0.25, 0.3) is 0 Å². The Bertz CT molecular complexity index is 153. The minimum Gasteiger partial charge on any atom is -0.313 e. The molecular formula is C13H28N2. The molecule has 0 aromatic rings. The van der Waals surface area contributed by atoms with Crippen molar-refractivity contribution in [3.63, 3.8) is 0 Å². The van der Waals surface area contributed by atoms with Crippen LogP contribution < -0.4 is 5.32 Å². The van der Waals surface area contributed by atoms with Crippen molar-refractivity contribution in [2.45, 2.75) is 64.5 Å². The van der Waals surface area contributed by atoms with Gasteiger partial charge in [0.25, 0.3) is 0 Å². The molecule has 0 aromatic heterocycles. The zero-order valence-corrected chi connectivity index (χ0v) is 10.8. The van der Waals surface area contributed by atoms with Gasteiger partial charge in [0.2, 0.25) is 0 Å². The number of nitrogens with zero attached hydrogens (tertiary/aromatic N) is 1. The molecule has 1 fully saturated rings. The van der Waals surface area contributed by atoms with Crippen LogP contribution in [0.2, 0.25) is 0 Å². The van der Waals surface area contributed by atoms with Crippen LogP contribution in [0, 0.1) is 0 Å². The van der Waals surface area contributed by atoms with Crippen molar-refractivity contribution >= 4 is 0 Å². The van der Waals surface area contributed by atoms with Gasteiger partial charge in [-0.3, -0.25) is 0 Å². The van der Waals surface area contributed by atoms with Gasteiger partial charge in [0.15, 0.2) is 0 Å². The second-order valence-corrected chi connectivity index (χ2v) is 5.09. The molecule has 2 nitrogen and oxygen atoms in total. The van der Waals surface area contributed by atoms with Gasteiger partial charge in [0.05, 0.1) is 0 Å². The highest BCUT2D eigenvalue weighted by atomic mass is 15.1. The Morgan fingerprint density at radius 2 is 1.93 bits per heavy atom. The van der Waals surface area contributed by atoms with E-state index in [4.69, 9.17) is 0 Å². The molecule has 1 atom stereocenters. The summed E-state index contributed by atoms with van der Waals surface area (Å²) in [5.41, 5.74) is 0. The highest BCUT2D eigenvalue weighted by molar-refractivity contribution is 4.76. The van der Waals surface area contributed by atoms with Gasteiger partial charge in [0.1, 0.15) is 0 Å². The molecule has 1 unspecified atom stereocenters. The summed E-state index contributed by atoms with van der Waals surface area (Å²) >= 11 is 0. The lowest BCUT2D eigenvalue weighted by atomic mass is 9.94. The summed E-state index contributed by atoms with van der Waals surface area (Å²) in [7, 11) is 2.29. The summed E-state index contributed by atoms with van der Waals surface area (Å²) in [5, 5.41) is 3.56. The third-order valence-electron chi connectivity index (χ3n) is 3.50. The largest absolute Gasteiger partial charge is 0.313 e. The first-order valence-corrected chi connectivity index (χ1v) is 6.67. The average molecular weight is 212 g/mol. The first-order valence-electron chi connectivity index (χ1n) is 6.67. The van der Waals surface area contributed by atoms with E-state index in [1.165, 1.54) is 45.1 Å². The second-order valence-electron chi connectivity index (χ2n) is 5.09. The zero-order chi connectivity index (χ0) is 11.1. The summed E-state index contributed by atoms with van der Waals surface area (Å²) in [6, 6.07) is 1.49. The van der Waals surface area contributed by atoms with Gasteiger partial charge < -0.3 is 10.2 Å². The Balaban J connectivity index is 2.17. The third-order valence-corrected chi connectivity index (χ3v) is 3.50. The minimum atomic E-state index is 0.636. The lowest BCUT2D eigenvalue weighted by molar-refractivity contribution is 0.177. The van der Waals surface area contributed by atoms with E-state index >= 15 is 0 Å². The van der Waals surface area contributed by atoms with E-state index in [2.05, 4.69) is 31.1 Å². The molecule has 0 amide bonds. The molecule has 0 bridgehead atoms. The number of nitrogens with one attached hydrogen (secondary N) is 1. The van der Waals surface area contributed by atoms with Gasteiger partial charge in [0, 0.05) is 18.6 Å². The van der Waals surface area contributed by atoms with Crippen LogP contribution in [0.4, 0.5) is 0 Å². The molecule has 0 aliphatic heterocycles. The van der Waals surface area contributed by atoms with Crippen molar-refractivity contribution in [1.29, 1.82) is 0 Å². The van der Waals surface area contributed by atoms with E-state index < -0.39 is 0 Å². The maximum atomic E-state index is 3.56. The van der Waals surface area contributed by atoms with Gasteiger partial charge in [-0.2, -0.15) is 0 Å². The van der Waals surface area contributed by atoms with Gasteiger partial charge in [-0.1, -0.05) is 26.2 Å². The second kappa shape index (κ2) is 7.24. The summed E-state index contributed by atoms with van der Waals surface area (Å²) in [6.45, 7) is 6.88. The predicted molar refractivity (Wildman–Crippen MR) is 67.3 cm³/mol. The fourth-order valence-corrected chi connectivity index (χ4v) is 2.56. The Labute approximate surface area is 95.4 Å². The summed E-state index contributed by atoms with van der Waals surface area (Å²) in [5.74, 6) is 0. The van der Waals surface area contributed by atoms with Crippen molar-refractivity contribution in [2.24, 2.45) is 0 Å².